The van der Waals surface area contributed by atoms with Gasteiger partial charge in [0.25, 0.3) is 0 Å². The van der Waals surface area contributed by atoms with E-state index < -0.39 is 17.3 Å². The van der Waals surface area contributed by atoms with Crippen LogP contribution in [0.15, 0.2) is 30.3 Å². The smallest absolute Gasteiger partial charge is 0.354 e. The van der Waals surface area contributed by atoms with Crippen molar-refractivity contribution in [3.8, 4) is 11.3 Å². The minimum atomic E-state index is -4.37. The number of nitrogens with one attached hydrogen (secondary N) is 2. The standard InChI is InChI=1S/C19H19F3N4O/c1-11-10-15(12-2-4-13(5-3-12)19(20,21)22)25-16(24-11)14-6-7-18(26-14)8-9-23-17(18)27/h2-5,10,14,26H,6-9H2,1H3,(H,23,27)/t14?,18-/m0/s1. The van der Waals surface area contributed by atoms with Crippen molar-refractivity contribution in [1.29, 1.82) is 0 Å². The lowest BCUT2D eigenvalue weighted by Crippen LogP contribution is -2.47. The molecule has 2 aliphatic heterocycles. The molecule has 2 aliphatic rings. The van der Waals surface area contributed by atoms with E-state index in [1.807, 2.05) is 6.92 Å². The second-order valence-electron chi connectivity index (χ2n) is 7.15. The van der Waals surface area contributed by atoms with Crippen LogP contribution in [0, 0.1) is 6.92 Å². The molecule has 1 aromatic carbocycles. The minimum absolute atomic E-state index is 0.0145. The number of aromatic nitrogens is 2. The zero-order valence-corrected chi connectivity index (χ0v) is 14.7. The highest BCUT2D eigenvalue weighted by Gasteiger charge is 2.48. The van der Waals surface area contributed by atoms with Gasteiger partial charge in [-0.05, 0) is 44.4 Å². The lowest BCUT2D eigenvalue weighted by molar-refractivity contribution is -0.137. The highest BCUT2D eigenvalue weighted by atomic mass is 19.4. The van der Waals surface area contributed by atoms with Crippen LogP contribution >= 0.6 is 0 Å². The van der Waals surface area contributed by atoms with Crippen molar-refractivity contribution in [3.63, 3.8) is 0 Å². The molecule has 5 nitrogen and oxygen atoms in total. The van der Waals surface area contributed by atoms with E-state index in [4.69, 9.17) is 0 Å². The zero-order chi connectivity index (χ0) is 19.2. The molecular formula is C19H19F3N4O. The second kappa shape index (κ2) is 6.30. The summed E-state index contributed by atoms with van der Waals surface area (Å²) in [5, 5.41) is 6.24. The monoisotopic (exact) mass is 376 g/mol. The molecule has 142 valence electrons. The van der Waals surface area contributed by atoms with Crippen molar-refractivity contribution < 1.29 is 18.0 Å². The Morgan fingerprint density at radius 2 is 1.89 bits per heavy atom. The van der Waals surface area contributed by atoms with Crippen LogP contribution in [-0.2, 0) is 11.0 Å². The van der Waals surface area contributed by atoms with Gasteiger partial charge < -0.3 is 5.32 Å². The fraction of sp³-hybridized carbons (Fsp3) is 0.421. The number of carbonyl (C=O) groups excluding carboxylic acids is 1. The van der Waals surface area contributed by atoms with Crippen molar-refractivity contribution in [1.82, 2.24) is 20.6 Å². The molecule has 0 radical (unpaired) electrons. The number of hydrogen-bond donors (Lipinski definition) is 2. The number of carbonyl (C=O) groups is 1. The quantitative estimate of drug-likeness (QED) is 0.845. The van der Waals surface area contributed by atoms with Gasteiger partial charge in [0, 0.05) is 17.8 Å². The summed E-state index contributed by atoms with van der Waals surface area (Å²) in [7, 11) is 0. The lowest BCUT2D eigenvalue weighted by Gasteiger charge is -2.21. The highest BCUT2D eigenvalue weighted by Crippen LogP contribution is 2.36. The number of benzene rings is 1. The summed E-state index contributed by atoms with van der Waals surface area (Å²) in [6, 6.07) is 6.54. The minimum Gasteiger partial charge on any atom is -0.354 e. The number of amides is 1. The molecule has 1 spiro atoms. The Morgan fingerprint density at radius 1 is 1.15 bits per heavy atom. The maximum atomic E-state index is 12.8. The maximum absolute atomic E-state index is 12.8. The third-order valence-corrected chi connectivity index (χ3v) is 5.27. The van der Waals surface area contributed by atoms with Crippen LogP contribution in [0.2, 0.25) is 0 Å². The normalized spacial score (nSPS) is 25.2. The molecule has 27 heavy (non-hydrogen) atoms. The maximum Gasteiger partial charge on any atom is 0.416 e. The predicted octanol–water partition coefficient (Wildman–Crippen LogP) is 3.15. The van der Waals surface area contributed by atoms with Crippen molar-refractivity contribution in [2.24, 2.45) is 0 Å². The van der Waals surface area contributed by atoms with E-state index in [2.05, 4.69) is 20.6 Å². The molecule has 2 fully saturated rings. The first-order valence-corrected chi connectivity index (χ1v) is 8.86. The number of rotatable bonds is 2. The third-order valence-electron chi connectivity index (χ3n) is 5.27. The predicted molar refractivity (Wildman–Crippen MR) is 92.7 cm³/mol. The first-order valence-electron chi connectivity index (χ1n) is 8.86. The van der Waals surface area contributed by atoms with Crippen LogP contribution in [0.1, 0.15) is 42.4 Å². The molecule has 2 aromatic rings. The first-order chi connectivity index (χ1) is 12.8. The number of halogens is 3. The van der Waals surface area contributed by atoms with Gasteiger partial charge >= 0.3 is 6.18 Å². The summed E-state index contributed by atoms with van der Waals surface area (Å²) in [5.74, 6) is 0.585. The van der Waals surface area contributed by atoms with Gasteiger partial charge in [0.1, 0.15) is 11.4 Å². The fourth-order valence-corrected chi connectivity index (χ4v) is 3.84. The topological polar surface area (TPSA) is 66.9 Å². The molecule has 0 bridgehead atoms. The van der Waals surface area contributed by atoms with Crippen molar-refractivity contribution >= 4 is 5.91 Å². The Kier molecular flexibility index (Phi) is 4.18. The van der Waals surface area contributed by atoms with Crippen molar-refractivity contribution in [2.45, 2.75) is 43.9 Å². The van der Waals surface area contributed by atoms with Crippen LogP contribution in [0.5, 0.6) is 0 Å². The fourth-order valence-electron chi connectivity index (χ4n) is 3.84. The Hall–Kier alpha value is -2.48. The largest absolute Gasteiger partial charge is 0.416 e. The van der Waals surface area contributed by atoms with E-state index in [9.17, 15) is 18.0 Å². The zero-order valence-electron chi connectivity index (χ0n) is 14.7. The molecule has 2 N–H and O–H groups in total. The van der Waals surface area contributed by atoms with Gasteiger partial charge in [-0.1, -0.05) is 12.1 Å². The summed E-state index contributed by atoms with van der Waals surface area (Å²) in [4.78, 5) is 21.2. The molecule has 1 unspecified atom stereocenters. The molecule has 4 rings (SSSR count). The van der Waals surface area contributed by atoms with Crippen molar-refractivity contribution in [2.75, 3.05) is 6.54 Å². The van der Waals surface area contributed by atoms with E-state index in [0.717, 1.165) is 37.1 Å². The van der Waals surface area contributed by atoms with Crippen LogP contribution in [-0.4, -0.2) is 28.0 Å². The second-order valence-corrected chi connectivity index (χ2v) is 7.15. The number of aryl methyl sites for hydroxylation is 1. The van der Waals surface area contributed by atoms with E-state index in [1.165, 1.54) is 12.1 Å². The van der Waals surface area contributed by atoms with Crippen LogP contribution in [0.25, 0.3) is 11.3 Å². The summed E-state index contributed by atoms with van der Waals surface area (Å²) in [6.45, 7) is 2.48. The van der Waals surface area contributed by atoms with E-state index in [1.54, 1.807) is 6.07 Å². The lowest BCUT2D eigenvalue weighted by atomic mass is 9.96. The average Bonchev–Trinajstić information content (AvgIpc) is 3.21. The van der Waals surface area contributed by atoms with Crippen molar-refractivity contribution in [3.05, 3.63) is 47.4 Å². The van der Waals surface area contributed by atoms with Gasteiger partial charge in [-0.2, -0.15) is 13.2 Å². The molecule has 0 saturated carbocycles. The molecule has 2 saturated heterocycles. The summed E-state index contributed by atoms with van der Waals surface area (Å²) in [5.41, 5.74) is 0.662. The van der Waals surface area contributed by atoms with Gasteiger partial charge in [0.2, 0.25) is 5.91 Å². The van der Waals surface area contributed by atoms with E-state index >= 15 is 0 Å². The summed E-state index contributed by atoms with van der Waals surface area (Å²) in [6.07, 6.45) is -2.17. The number of alkyl halides is 3. The Balaban J connectivity index is 1.62. The summed E-state index contributed by atoms with van der Waals surface area (Å²) < 4.78 is 38.3. The molecule has 0 aliphatic carbocycles. The van der Waals surface area contributed by atoms with E-state index in [0.29, 0.717) is 23.6 Å². The molecule has 8 heteroatoms. The van der Waals surface area contributed by atoms with Crippen LogP contribution < -0.4 is 10.6 Å². The van der Waals surface area contributed by atoms with E-state index in [-0.39, 0.29) is 11.9 Å². The van der Waals surface area contributed by atoms with Gasteiger partial charge in [-0.25, -0.2) is 9.97 Å². The summed E-state index contributed by atoms with van der Waals surface area (Å²) >= 11 is 0. The number of hydrogen-bond acceptors (Lipinski definition) is 4. The molecule has 1 amide bonds. The van der Waals surface area contributed by atoms with Gasteiger partial charge in [0.15, 0.2) is 0 Å². The molecule has 1 aromatic heterocycles. The average molecular weight is 376 g/mol. The SMILES string of the molecule is Cc1cc(-c2ccc(C(F)(F)F)cc2)nc(C2CC[C@@]3(CCNC3=O)N2)n1. The first kappa shape index (κ1) is 17.9. The van der Waals surface area contributed by atoms with Crippen LogP contribution in [0.4, 0.5) is 13.2 Å². The molecule has 2 atom stereocenters. The Labute approximate surface area is 154 Å². The van der Waals surface area contributed by atoms with Gasteiger partial charge in [-0.15, -0.1) is 0 Å². The highest BCUT2D eigenvalue weighted by molar-refractivity contribution is 5.88. The Morgan fingerprint density at radius 3 is 2.52 bits per heavy atom. The van der Waals surface area contributed by atoms with Gasteiger partial charge in [-0.3, -0.25) is 10.1 Å². The van der Waals surface area contributed by atoms with Gasteiger partial charge in [0.05, 0.1) is 17.3 Å². The Bertz CT molecular complexity index is 882. The molecule has 3 heterocycles. The number of nitrogens with zero attached hydrogens (tertiary/aromatic N) is 2. The molecular weight excluding hydrogens is 357 g/mol. The van der Waals surface area contributed by atoms with Crippen LogP contribution in [0.3, 0.4) is 0 Å². The third kappa shape index (κ3) is 3.29.